The van der Waals surface area contributed by atoms with E-state index in [9.17, 15) is 0 Å². The van der Waals surface area contributed by atoms with Crippen LogP contribution in [0.4, 0.5) is 0 Å². The van der Waals surface area contributed by atoms with Crippen LogP contribution in [-0.2, 0) is 5.41 Å². The largest absolute Gasteiger partial charge is 0.236 e. The van der Waals surface area contributed by atoms with Gasteiger partial charge in [-0.1, -0.05) is 63.2 Å². The number of hydrogen-bond donors (Lipinski definition) is 0. The van der Waals surface area contributed by atoms with Crippen molar-refractivity contribution in [1.29, 1.82) is 0 Å². The molecule has 1 aromatic heterocycles. The number of nitrogens with zero attached hydrogens (tertiary/aromatic N) is 1. The van der Waals surface area contributed by atoms with Gasteiger partial charge in [-0.25, -0.2) is 4.98 Å². The minimum absolute atomic E-state index is 0.168. The zero-order valence-corrected chi connectivity index (χ0v) is 14.4. The van der Waals surface area contributed by atoms with Gasteiger partial charge in [0.25, 0.3) is 0 Å². The van der Waals surface area contributed by atoms with Crippen molar-refractivity contribution in [3.05, 3.63) is 66.2 Å². The molecule has 0 amide bonds. The molecule has 1 heterocycles. The fourth-order valence-electron chi connectivity index (χ4n) is 2.84. The van der Waals surface area contributed by atoms with Crippen LogP contribution in [0, 0.1) is 0 Å². The fourth-order valence-corrected chi connectivity index (χ4v) is 3.84. The Morgan fingerprint density at radius 3 is 2.39 bits per heavy atom. The molecule has 114 valence electrons. The predicted molar refractivity (Wildman–Crippen MR) is 101 cm³/mol. The lowest BCUT2D eigenvalue weighted by Gasteiger charge is -2.18. The van der Waals surface area contributed by atoms with Gasteiger partial charge in [-0.2, -0.15) is 0 Å². The third-order valence-electron chi connectivity index (χ3n) is 4.25. The highest BCUT2D eigenvalue weighted by Crippen LogP contribution is 2.34. The minimum atomic E-state index is 0.168. The van der Waals surface area contributed by atoms with Crippen molar-refractivity contribution in [1.82, 2.24) is 4.98 Å². The van der Waals surface area contributed by atoms with E-state index in [-0.39, 0.29) is 5.41 Å². The molecule has 2 heteroatoms. The Bertz CT molecular complexity index is 1010. The molecule has 0 unspecified atom stereocenters. The summed E-state index contributed by atoms with van der Waals surface area (Å²) in [5.74, 6) is 0. The summed E-state index contributed by atoms with van der Waals surface area (Å²) in [6.07, 6.45) is 0. The zero-order valence-electron chi connectivity index (χ0n) is 13.6. The maximum absolute atomic E-state index is 4.83. The Balaban J connectivity index is 1.84. The fraction of sp³-hybridized carbons (Fsp3) is 0.190. The van der Waals surface area contributed by atoms with E-state index in [0.717, 1.165) is 10.5 Å². The molecule has 0 fully saturated rings. The summed E-state index contributed by atoms with van der Waals surface area (Å²) in [4.78, 5) is 4.83. The molecule has 4 rings (SSSR count). The number of fused-ring (bicyclic) bond motifs is 2. The summed E-state index contributed by atoms with van der Waals surface area (Å²) >= 11 is 1.78. The van der Waals surface area contributed by atoms with Gasteiger partial charge in [-0.05, 0) is 39.9 Å². The monoisotopic (exact) mass is 317 g/mol. The maximum Gasteiger partial charge on any atom is 0.124 e. The summed E-state index contributed by atoms with van der Waals surface area (Å²) in [5.41, 5.74) is 3.81. The Morgan fingerprint density at radius 1 is 0.826 bits per heavy atom. The van der Waals surface area contributed by atoms with Crippen molar-refractivity contribution in [2.45, 2.75) is 26.2 Å². The minimum Gasteiger partial charge on any atom is -0.236 e. The van der Waals surface area contributed by atoms with Crippen LogP contribution in [0.1, 0.15) is 26.3 Å². The molecule has 0 aliphatic rings. The number of benzene rings is 3. The highest BCUT2D eigenvalue weighted by atomic mass is 32.1. The zero-order chi connectivity index (χ0) is 16.0. The molecule has 0 aliphatic heterocycles. The molecule has 0 spiro atoms. The normalized spacial score (nSPS) is 12.1. The second-order valence-corrected chi connectivity index (χ2v) is 8.04. The molecule has 1 nitrogen and oxygen atoms in total. The Kier molecular flexibility index (Phi) is 3.24. The van der Waals surface area contributed by atoms with E-state index in [1.54, 1.807) is 11.3 Å². The smallest absolute Gasteiger partial charge is 0.124 e. The molecule has 0 atom stereocenters. The van der Waals surface area contributed by atoms with Gasteiger partial charge in [0.1, 0.15) is 5.01 Å². The van der Waals surface area contributed by atoms with E-state index >= 15 is 0 Å². The summed E-state index contributed by atoms with van der Waals surface area (Å²) in [6.45, 7) is 6.75. The third-order valence-corrected chi connectivity index (χ3v) is 5.32. The first-order valence-corrected chi connectivity index (χ1v) is 8.73. The van der Waals surface area contributed by atoms with Crippen LogP contribution in [0.3, 0.4) is 0 Å². The van der Waals surface area contributed by atoms with Crippen molar-refractivity contribution in [3.8, 4) is 10.6 Å². The van der Waals surface area contributed by atoms with Crippen molar-refractivity contribution >= 4 is 32.3 Å². The summed E-state index contributed by atoms with van der Waals surface area (Å²) in [5, 5.41) is 3.63. The summed E-state index contributed by atoms with van der Waals surface area (Å²) in [6, 6.07) is 21.7. The average Bonchev–Trinajstić information content (AvgIpc) is 2.96. The van der Waals surface area contributed by atoms with Crippen molar-refractivity contribution < 1.29 is 0 Å². The summed E-state index contributed by atoms with van der Waals surface area (Å²) in [7, 11) is 0. The van der Waals surface area contributed by atoms with Crippen LogP contribution in [0.25, 0.3) is 31.6 Å². The third kappa shape index (κ3) is 2.64. The molecule has 0 aliphatic carbocycles. The molecule has 0 saturated carbocycles. The first kappa shape index (κ1) is 14.4. The van der Waals surface area contributed by atoms with E-state index in [4.69, 9.17) is 4.98 Å². The lowest BCUT2D eigenvalue weighted by atomic mass is 9.87. The average molecular weight is 317 g/mol. The molecule has 4 aromatic rings. The van der Waals surface area contributed by atoms with Crippen LogP contribution < -0.4 is 0 Å². The molecule has 3 aromatic carbocycles. The van der Waals surface area contributed by atoms with Crippen LogP contribution in [0.5, 0.6) is 0 Å². The van der Waals surface area contributed by atoms with E-state index in [0.29, 0.717) is 0 Å². The van der Waals surface area contributed by atoms with E-state index < -0.39 is 0 Å². The molecule has 23 heavy (non-hydrogen) atoms. The molecule has 0 radical (unpaired) electrons. The Morgan fingerprint density at radius 2 is 1.61 bits per heavy atom. The first-order chi connectivity index (χ1) is 11.0. The van der Waals surface area contributed by atoms with Crippen molar-refractivity contribution in [2.75, 3.05) is 0 Å². The van der Waals surface area contributed by atoms with E-state index in [1.807, 2.05) is 0 Å². The van der Waals surface area contributed by atoms with Gasteiger partial charge in [-0.3, -0.25) is 0 Å². The molecule has 0 bridgehead atoms. The van der Waals surface area contributed by atoms with E-state index in [1.165, 1.54) is 26.6 Å². The number of thiazole rings is 1. The van der Waals surface area contributed by atoms with Crippen LogP contribution >= 0.6 is 11.3 Å². The lowest BCUT2D eigenvalue weighted by Crippen LogP contribution is -2.10. The van der Waals surface area contributed by atoms with Crippen LogP contribution in [-0.4, -0.2) is 4.98 Å². The van der Waals surface area contributed by atoms with Crippen molar-refractivity contribution in [2.24, 2.45) is 0 Å². The van der Waals surface area contributed by atoms with Gasteiger partial charge in [0, 0.05) is 5.56 Å². The Labute approximate surface area is 140 Å². The standard InChI is InChI=1S/C21H19NS/c1-21(2,3)17-10-11-18-19(13-17)23-20(22-18)16-9-8-14-6-4-5-7-15(14)12-16/h4-13H,1-3H3. The lowest BCUT2D eigenvalue weighted by molar-refractivity contribution is 0.591. The Hall–Kier alpha value is -2.19. The van der Waals surface area contributed by atoms with Crippen LogP contribution in [0.2, 0.25) is 0 Å². The second kappa shape index (κ2) is 5.17. The number of hydrogen-bond acceptors (Lipinski definition) is 2. The highest BCUT2D eigenvalue weighted by Gasteiger charge is 2.15. The second-order valence-electron chi connectivity index (χ2n) is 7.01. The molecular weight excluding hydrogens is 298 g/mol. The van der Waals surface area contributed by atoms with Crippen molar-refractivity contribution in [3.63, 3.8) is 0 Å². The first-order valence-electron chi connectivity index (χ1n) is 7.91. The molecule has 0 N–H and O–H groups in total. The van der Waals surface area contributed by atoms with Gasteiger partial charge >= 0.3 is 0 Å². The SMILES string of the molecule is CC(C)(C)c1ccc2nc(-c3ccc4ccccc4c3)sc2c1. The van der Waals surface area contributed by atoms with Gasteiger partial charge in [0.05, 0.1) is 10.2 Å². The predicted octanol–water partition coefficient (Wildman–Crippen LogP) is 6.41. The molecule has 0 saturated heterocycles. The van der Waals surface area contributed by atoms with Gasteiger partial charge in [0.2, 0.25) is 0 Å². The topological polar surface area (TPSA) is 12.9 Å². The van der Waals surface area contributed by atoms with Crippen LogP contribution in [0.15, 0.2) is 60.7 Å². The highest BCUT2D eigenvalue weighted by molar-refractivity contribution is 7.21. The van der Waals surface area contributed by atoms with E-state index in [2.05, 4.69) is 81.4 Å². The summed E-state index contributed by atoms with van der Waals surface area (Å²) < 4.78 is 1.26. The van der Waals surface area contributed by atoms with Gasteiger partial charge in [-0.15, -0.1) is 11.3 Å². The van der Waals surface area contributed by atoms with Gasteiger partial charge in [0.15, 0.2) is 0 Å². The number of aromatic nitrogens is 1. The quantitative estimate of drug-likeness (QED) is 0.395. The van der Waals surface area contributed by atoms with Gasteiger partial charge < -0.3 is 0 Å². The number of rotatable bonds is 1. The maximum atomic E-state index is 4.83. The molecular formula is C21H19NS.